The number of hydrogen-bond acceptors (Lipinski definition) is 5. The molecule has 0 fully saturated rings. The molecule has 4 rings (SSSR count). The molecule has 0 radical (unpaired) electrons. The predicted octanol–water partition coefficient (Wildman–Crippen LogP) is 7.72. The predicted molar refractivity (Wildman–Crippen MR) is 117 cm³/mol. The molecule has 0 aliphatic heterocycles. The van der Waals surface area contributed by atoms with E-state index < -0.39 is 0 Å². The fraction of sp³-hybridized carbons (Fsp3) is 0.333. The average Bonchev–Trinajstić information content (AvgIpc) is 3.39. The summed E-state index contributed by atoms with van der Waals surface area (Å²) >= 11 is 4.63. The molecule has 0 saturated carbocycles. The third-order valence-electron chi connectivity index (χ3n) is 4.71. The molecule has 0 aliphatic carbocycles. The van der Waals surface area contributed by atoms with Gasteiger partial charge in [0.1, 0.15) is 16.9 Å². The Bertz CT molecular complexity index is 1060. The molecule has 0 aliphatic rings. The van der Waals surface area contributed by atoms with Crippen LogP contribution in [0.15, 0.2) is 30.3 Å². The van der Waals surface area contributed by atoms with Gasteiger partial charge in [-0.25, -0.2) is 4.39 Å². The van der Waals surface area contributed by atoms with Crippen LogP contribution < -0.4 is 0 Å². The van der Waals surface area contributed by atoms with Crippen LogP contribution in [0.2, 0.25) is 0 Å². The highest BCUT2D eigenvalue weighted by Gasteiger charge is 2.18. The minimum Gasteiger partial charge on any atom is -0.206 e. The van der Waals surface area contributed by atoms with Crippen LogP contribution in [0.3, 0.4) is 0 Å². The zero-order valence-electron chi connectivity index (χ0n) is 15.4. The summed E-state index contributed by atoms with van der Waals surface area (Å²) in [6.45, 7) is 4.12. The normalized spacial score (nSPS) is 11.5. The highest BCUT2D eigenvalue weighted by molar-refractivity contribution is 7.24. The van der Waals surface area contributed by atoms with Crippen molar-refractivity contribution in [1.82, 2.24) is 8.75 Å². The summed E-state index contributed by atoms with van der Waals surface area (Å²) in [5.74, 6) is -0.219. The summed E-state index contributed by atoms with van der Waals surface area (Å²) < 4.78 is 23.4. The lowest BCUT2D eigenvalue weighted by molar-refractivity contribution is 0.632. The minimum atomic E-state index is -0.219. The summed E-state index contributed by atoms with van der Waals surface area (Å²) in [5.41, 5.74) is 2.89. The van der Waals surface area contributed by atoms with Crippen molar-refractivity contribution in [3.63, 3.8) is 0 Å². The first-order chi connectivity index (χ1) is 13.2. The number of aromatic nitrogens is 2. The van der Waals surface area contributed by atoms with Crippen molar-refractivity contribution in [2.24, 2.45) is 0 Å². The third kappa shape index (κ3) is 3.84. The monoisotopic (exact) mass is 416 g/mol. The third-order valence-corrected chi connectivity index (χ3v) is 7.69. The van der Waals surface area contributed by atoms with Crippen molar-refractivity contribution in [2.45, 2.75) is 46.0 Å². The van der Waals surface area contributed by atoms with Crippen LogP contribution in [0, 0.1) is 12.7 Å². The lowest BCUT2D eigenvalue weighted by Gasteiger charge is -2.03. The molecule has 140 valence electrons. The van der Waals surface area contributed by atoms with E-state index in [4.69, 9.17) is 0 Å². The zero-order valence-corrected chi connectivity index (χ0v) is 17.9. The van der Waals surface area contributed by atoms with Crippen LogP contribution in [-0.2, 0) is 6.42 Å². The molecule has 0 unspecified atom stereocenters. The largest absolute Gasteiger partial charge is 0.206 e. The number of aryl methyl sites for hydroxylation is 2. The van der Waals surface area contributed by atoms with E-state index in [9.17, 15) is 4.39 Å². The van der Waals surface area contributed by atoms with Gasteiger partial charge < -0.3 is 0 Å². The number of thiophene rings is 2. The lowest BCUT2D eigenvalue weighted by Crippen LogP contribution is -1.87. The maximum absolute atomic E-state index is 14.7. The topological polar surface area (TPSA) is 25.8 Å². The molecule has 4 aromatic rings. The van der Waals surface area contributed by atoms with E-state index in [2.05, 4.69) is 33.9 Å². The molecule has 0 N–H and O–H groups in total. The second-order valence-electron chi connectivity index (χ2n) is 6.75. The summed E-state index contributed by atoms with van der Waals surface area (Å²) in [4.78, 5) is 4.80. The lowest BCUT2D eigenvalue weighted by atomic mass is 10.1. The standard InChI is InChI=1S/C21H21FN2S3/c1-3-4-5-6-7-14-8-9-16(25-14)17-10-11-18(26-17)19-15(22)12-13(2)20-21(19)24-27-23-20/h8-12H,3-7H2,1-2H3. The van der Waals surface area contributed by atoms with Crippen LogP contribution in [-0.4, -0.2) is 8.75 Å². The van der Waals surface area contributed by atoms with Crippen molar-refractivity contribution >= 4 is 45.4 Å². The Hall–Kier alpha value is -1.63. The molecule has 1 aromatic carbocycles. The van der Waals surface area contributed by atoms with E-state index in [0.29, 0.717) is 11.1 Å². The number of halogens is 1. The first-order valence-corrected chi connectivity index (χ1v) is 11.6. The minimum absolute atomic E-state index is 0.219. The summed E-state index contributed by atoms with van der Waals surface area (Å²) in [6.07, 6.45) is 6.30. The molecule has 0 amide bonds. The summed E-state index contributed by atoms with van der Waals surface area (Å²) in [5, 5.41) is 0. The Morgan fingerprint density at radius 2 is 1.63 bits per heavy atom. The van der Waals surface area contributed by atoms with Gasteiger partial charge in [0.15, 0.2) is 0 Å². The van der Waals surface area contributed by atoms with E-state index >= 15 is 0 Å². The first-order valence-electron chi connectivity index (χ1n) is 9.28. The molecule has 6 heteroatoms. The van der Waals surface area contributed by atoms with Gasteiger partial charge in [0, 0.05) is 19.5 Å². The number of benzene rings is 1. The van der Waals surface area contributed by atoms with Crippen molar-refractivity contribution in [3.05, 3.63) is 46.6 Å². The molecule has 3 heterocycles. The van der Waals surface area contributed by atoms with Crippen LogP contribution in [0.5, 0.6) is 0 Å². The first kappa shape index (κ1) is 18.7. The van der Waals surface area contributed by atoms with Gasteiger partial charge in [0.05, 0.1) is 17.3 Å². The second kappa shape index (κ2) is 8.17. The SMILES string of the molecule is CCCCCCc1ccc(-c2ccc(-c3c(F)cc(C)c4nsnc34)s2)s1. The molecule has 2 nitrogen and oxygen atoms in total. The smallest absolute Gasteiger partial charge is 0.134 e. The molecule has 0 spiro atoms. The van der Waals surface area contributed by atoms with E-state index in [1.54, 1.807) is 17.4 Å². The van der Waals surface area contributed by atoms with Crippen LogP contribution in [0.1, 0.15) is 43.0 Å². The van der Waals surface area contributed by atoms with Gasteiger partial charge in [-0.05, 0) is 55.7 Å². The highest BCUT2D eigenvalue weighted by Crippen LogP contribution is 2.41. The van der Waals surface area contributed by atoms with Crippen LogP contribution in [0.25, 0.3) is 31.2 Å². The van der Waals surface area contributed by atoms with Crippen molar-refractivity contribution in [2.75, 3.05) is 0 Å². The molecule has 0 atom stereocenters. The Labute approximate surface area is 171 Å². The Morgan fingerprint density at radius 3 is 2.48 bits per heavy atom. The van der Waals surface area contributed by atoms with Crippen molar-refractivity contribution in [3.8, 4) is 20.2 Å². The van der Waals surface area contributed by atoms with Gasteiger partial charge in [-0.1, -0.05) is 26.2 Å². The fourth-order valence-corrected chi connectivity index (χ4v) is 6.07. The number of unbranched alkanes of at least 4 members (excludes halogenated alkanes) is 3. The van der Waals surface area contributed by atoms with Gasteiger partial charge in [-0.3, -0.25) is 0 Å². The number of fused-ring (bicyclic) bond motifs is 1. The molecule has 0 saturated heterocycles. The van der Waals surface area contributed by atoms with Gasteiger partial charge in [-0.2, -0.15) is 8.75 Å². The fourth-order valence-electron chi connectivity index (χ4n) is 3.26. The van der Waals surface area contributed by atoms with E-state index in [1.807, 2.05) is 24.3 Å². The van der Waals surface area contributed by atoms with Crippen molar-refractivity contribution in [1.29, 1.82) is 0 Å². The van der Waals surface area contributed by atoms with Gasteiger partial charge >= 0.3 is 0 Å². The molecule has 3 aromatic heterocycles. The maximum Gasteiger partial charge on any atom is 0.134 e. The van der Waals surface area contributed by atoms with E-state index in [-0.39, 0.29) is 5.82 Å². The van der Waals surface area contributed by atoms with Gasteiger partial charge in [0.2, 0.25) is 0 Å². The van der Waals surface area contributed by atoms with E-state index in [0.717, 1.165) is 34.1 Å². The molecule has 0 bridgehead atoms. The van der Waals surface area contributed by atoms with Crippen LogP contribution >= 0.6 is 34.4 Å². The number of hydrogen-bond donors (Lipinski definition) is 0. The summed E-state index contributed by atoms with van der Waals surface area (Å²) in [6, 6.07) is 10.1. The quantitative estimate of drug-likeness (QED) is 0.288. The van der Waals surface area contributed by atoms with Gasteiger partial charge in [0.25, 0.3) is 0 Å². The van der Waals surface area contributed by atoms with Gasteiger partial charge in [-0.15, -0.1) is 22.7 Å². The van der Waals surface area contributed by atoms with E-state index in [1.165, 1.54) is 40.3 Å². The second-order valence-corrected chi connectivity index (χ2v) is 9.53. The number of rotatable bonds is 7. The highest BCUT2D eigenvalue weighted by atomic mass is 32.1. The number of nitrogens with zero attached hydrogens (tertiary/aromatic N) is 2. The zero-order chi connectivity index (χ0) is 18.8. The average molecular weight is 417 g/mol. The van der Waals surface area contributed by atoms with Crippen molar-refractivity contribution < 1.29 is 4.39 Å². The maximum atomic E-state index is 14.7. The molecule has 27 heavy (non-hydrogen) atoms. The molecular weight excluding hydrogens is 395 g/mol. The summed E-state index contributed by atoms with van der Waals surface area (Å²) in [7, 11) is 0. The Kier molecular flexibility index (Phi) is 5.66. The Morgan fingerprint density at radius 1 is 0.889 bits per heavy atom. The van der Waals surface area contributed by atoms with Crippen LogP contribution in [0.4, 0.5) is 4.39 Å². The molecular formula is C21H21FN2S3. The Balaban J connectivity index is 1.60.